The molecule has 84 valence electrons. The molecule has 2 aromatic carbocycles. The highest BCUT2D eigenvalue weighted by Gasteiger charge is 2.06. The van der Waals surface area contributed by atoms with Crippen LogP contribution in [-0.4, -0.2) is 10.1 Å². The molecule has 5 heteroatoms. The quantitative estimate of drug-likeness (QED) is 0.472. The molecule has 17 heavy (non-hydrogen) atoms. The largest absolute Gasteiger partial charge is 0.507 e. The van der Waals surface area contributed by atoms with Crippen LogP contribution in [0, 0.1) is 4.84 Å². The Labute approximate surface area is 100 Å². The van der Waals surface area contributed by atoms with Gasteiger partial charge in [0.2, 0.25) is 0 Å². The van der Waals surface area contributed by atoms with Crippen LogP contribution in [0.15, 0.2) is 39.5 Å². The van der Waals surface area contributed by atoms with Crippen molar-refractivity contribution in [3.63, 3.8) is 0 Å². The van der Waals surface area contributed by atoms with Crippen molar-refractivity contribution >= 4 is 34.0 Å². The lowest BCUT2D eigenvalue weighted by Crippen LogP contribution is -2.05. The Hall–Kier alpha value is -2.14. The average Bonchev–Trinajstić information content (AvgIpc) is 2.28. The molecule has 0 aliphatic carbocycles. The van der Waals surface area contributed by atoms with Crippen LogP contribution in [0.2, 0.25) is 0 Å². The number of fused-ring (bicyclic) bond motifs is 2. The molecule has 2 N–H and O–H groups in total. The Morgan fingerprint density at radius 3 is 2.88 bits per heavy atom. The Morgan fingerprint density at radius 2 is 2.06 bits per heavy atom. The van der Waals surface area contributed by atoms with E-state index in [9.17, 15) is 9.90 Å². The normalized spacial score (nSPS) is 11.1. The molecule has 1 aromatic heterocycles. The maximum absolute atomic E-state index is 11.7. The van der Waals surface area contributed by atoms with Crippen LogP contribution in [0.25, 0.3) is 21.7 Å². The fourth-order valence-electron chi connectivity index (χ4n) is 1.84. The molecule has 0 saturated carbocycles. The van der Waals surface area contributed by atoms with Gasteiger partial charge in [0, 0.05) is 5.39 Å². The smallest absolute Gasteiger partial charge is 0.269 e. The van der Waals surface area contributed by atoms with Crippen LogP contribution in [0.4, 0.5) is 0 Å². The van der Waals surface area contributed by atoms with Crippen LogP contribution < -0.4 is 5.56 Å². The van der Waals surface area contributed by atoms with Crippen molar-refractivity contribution in [1.29, 1.82) is 0 Å². The second kappa shape index (κ2) is 3.43. The second-order valence-electron chi connectivity index (χ2n) is 3.69. The number of benzene rings is 2. The summed E-state index contributed by atoms with van der Waals surface area (Å²) in [4.78, 5) is 14.1. The highest BCUT2D eigenvalue weighted by Crippen LogP contribution is 2.27. The zero-order chi connectivity index (χ0) is 12.0. The number of phenols is 1. The maximum Gasteiger partial charge on any atom is 0.269 e. The monoisotopic (exact) mass is 245 g/mol. The van der Waals surface area contributed by atoms with Crippen molar-refractivity contribution in [3.05, 3.63) is 45.5 Å². The Kier molecular flexibility index (Phi) is 2.02. The van der Waals surface area contributed by atoms with Gasteiger partial charge in [0.15, 0.2) is 0 Å². The van der Waals surface area contributed by atoms with Crippen molar-refractivity contribution < 1.29 is 9.52 Å². The van der Waals surface area contributed by atoms with E-state index in [1.54, 1.807) is 24.3 Å². The van der Waals surface area contributed by atoms with Crippen molar-refractivity contribution in [2.45, 2.75) is 0 Å². The number of H-pyrrole nitrogens is 1. The summed E-state index contributed by atoms with van der Waals surface area (Å²) in [6.07, 6.45) is 0. The van der Waals surface area contributed by atoms with Gasteiger partial charge in [-0.1, -0.05) is 12.1 Å². The van der Waals surface area contributed by atoms with Gasteiger partial charge in [0.1, 0.15) is 11.3 Å². The molecule has 0 fully saturated rings. The van der Waals surface area contributed by atoms with Gasteiger partial charge in [-0.3, -0.25) is 9.78 Å². The predicted molar refractivity (Wildman–Crippen MR) is 66.8 cm³/mol. The molecule has 3 aromatic rings. The van der Waals surface area contributed by atoms with E-state index in [1.165, 1.54) is 0 Å². The lowest BCUT2D eigenvalue weighted by atomic mass is 10.1. The van der Waals surface area contributed by atoms with E-state index in [4.69, 9.17) is 16.6 Å². The fourth-order valence-corrected chi connectivity index (χ4v) is 2.02. The van der Waals surface area contributed by atoms with E-state index >= 15 is 0 Å². The zero-order valence-corrected chi connectivity index (χ0v) is 9.38. The summed E-state index contributed by atoms with van der Waals surface area (Å²) in [5.74, 6) is 0.144. The van der Waals surface area contributed by atoms with Crippen molar-refractivity contribution in [2.75, 3.05) is 0 Å². The minimum Gasteiger partial charge on any atom is -0.507 e. The summed E-state index contributed by atoms with van der Waals surface area (Å²) in [5, 5.41) is 11.5. The number of phenolic OH excluding ortho intramolecular Hbond substituents is 1. The maximum atomic E-state index is 11.7. The van der Waals surface area contributed by atoms with Crippen molar-refractivity contribution in [3.8, 4) is 5.75 Å². The number of aromatic nitrogens is 1. The van der Waals surface area contributed by atoms with E-state index in [1.807, 2.05) is 6.07 Å². The lowest BCUT2D eigenvalue weighted by Gasteiger charge is -2.02. The summed E-state index contributed by atoms with van der Waals surface area (Å²) >= 11 is 4.80. The first-order valence-electron chi connectivity index (χ1n) is 4.94. The summed E-state index contributed by atoms with van der Waals surface area (Å²) < 4.78 is 5.25. The third kappa shape index (κ3) is 1.52. The fraction of sp³-hybridized carbons (Fsp3) is 0. The van der Waals surface area contributed by atoms with Gasteiger partial charge < -0.3 is 9.52 Å². The molecular weight excluding hydrogens is 238 g/mol. The van der Waals surface area contributed by atoms with E-state index in [-0.39, 0.29) is 16.1 Å². The summed E-state index contributed by atoms with van der Waals surface area (Å²) in [7, 11) is 0. The summed E-state index contributed by atoms with van der Waals surface area (Å²) in [6, 6.07) is 8.40. The van der Waals surface area contributed by atoms with Gasteiger partial charge >= 0.3 is 0 Å². The zero-order valence-electron chi connectivity index (χ0n) is 8.56. The van der Waals surface area contributed by atoms with Gasteiger partial charge in [-0.15, -0.1) is 0 Å². The topological polar surface area (TPSA) is 66.2 Å². The third-order valence-electron chi connectivity index (χ3n) is 2.62. The van der Waals surface area contributed by atoms with E-state index in [0.29, 0.717) is 16.4 Å². The molecule has 1 heterocycles. The molecule has 3 rings (SSSR count). The van der Waals surface area contributed by atoms with Crippen molar-refractivity contribution in [1.82, 2.24) is 4.98 Å². The third-order valence-corrected chi connectivity index (χ3v) is 2.81. The number of nitrogens with one attached hydrogen (secondary N) is 1. The molecule has 0 aliphatic rings. The highest BCUT2D eigenvalue weighted by atomic mass is 32.1. The van der Waals surface area contributed by atoms with E-state index in [2.05, 4.69) is 4.98 Å². The molecule has 0 atom stereocenters. The van der Waals surface area contributed by atoms with Crippen LogP contribution in [0.5, 0.6) is 5.75 Å². The highest BCUT2D eigenvalue weighted by molar-refractivity contribution is 7.71. The standard InChI is InChI=1S/C12H7NO3S/c14-9-3-1-2-6-4-8-10(5-7(6)9)16-12(17)13-11(8)15/h1-5,14H,(H,13,15,17). The average molecular weight is 245 g/mol. The minimum absolute atomic E-state index is 0.0253. The minimum atomic E-state index is -0.290. The molecule has 0 bridgehead atoms. The number of hydrogen-bond donors (Lipinski definition) is 2. The number of rotatable bonds is 0. The molecule has 0 aliphatic heterocycles. The van der Waals surface area contributed by atoms with Crippen LogP contribution in [-0.2, 0) is 0 Å². The van der Waals surface area contributed by atoms with Gasteiger partial charge in [-0.05, 0) is 35.8 Å². The van der Waals surface area contributed by atoms with Gasteiger partial charge in [0.25, 0.3) is 10.4 Å². The first-order valence-corrected chi connectivity index (χ1v) is 5.35. The number of hydrogen-bond acceptors (Lipinski definition) is 4. The first kappa shape index (κ1) is 10.0. The van der Waals surface area contributed by atoms with Crippen LogP contribution >= 0.6 is 12.2 Å². The molecule has 0 amide bonds. The van der Waals surface area contributed by atoms with Gasteiger partial charge in [-0.2, -0.15) is 0 Å². The molecule has 0 radical (unpaired) electrons. The molecule has 0 unspecified atom stereocenters. The number of aromatic amines is 1. The summed E-state index contributed by atoms with van der Waals surface area (Å²) in [6.45, 7) is 0. The molecule has 0 spiro atoms. The molecule has 4 nitrogen and oxygen atoms in total. The lowest BCUT2D eigenvalue weighted by molar-refractivity contribution is 0.481. The Bertz CT molecular complexity index is 848. The predicted octanol–water partition coefficient (Wildman–Crippen LogP) is 2.71. The Balaban J connectivity index is 2.62. The SMILES string of the molecule is O=c1[nH]c(=S)oc2cc3c(O)cccc3cc12. The van der Waals surface area contributed by atoms with Gasteiger partial charge in [-0.25, -0.2) is 0 Å². The van der Waals surface area contributed by atoms with Gasteiger partial charge in [0.05, 0.1) is 5.39 Å². The van der Waals surface area contributed by atoms with Crippen molar-refractivity contribution in [2.24, 2.45) is 0 Å². The van der Waals surface area contributed by atoms with E-state index in [0.717, 1.165) is 5.39 Å². The second-order valence-corrected chi connectivity index (χ2v) is 4.06. The molecular formula is C12H7NO3S. The Morgan fingerprint density at radius 1 is 1.24 bits per heavy atom. The summed E-state index contributed by atoms with van der Waals surface area (Å²) in [5.41, 5.74) is 0.0780. The number of aromatic hydroxyl groups is 1. The molecule has 0 saturated heterocycles. The first-order chi connectivity index (χ1) is 8.15. The van der Waals surface area contributed by atoms with Crippen LogP contribution in [0.1, 0.15) is 0 Å². The van der Waals surface area contributed by atoms with E-state index < -0.39 is 0 Å². The van der Waals surface area contributed by atoms with Crippen LogP contribution in [0.3, 0.4) is 0 Å².